The summed E-state index contributed by atoms with van der Waals surface area (Å²) >= 11 is 0. The van der Waals surface area contributed by atoms with Gasteiger partial charge in [0.05, 0.1) is 0 Å². The number of hydrogen-bond acceptors (Lipinski definition) is 2. The fraction of sp³-hybridized carbons (Fsp3) is 0.333. The van der Waals surface area contributed by atoms with E-state index in [9.17, 15) is 9.59 Å². The van der Waals surface area contributed by atoms with Crippen molar-refractivity contribution in [3.63, 3.8) is 0 Å². The van der Waals surface area contributed by atoms with Gasteiger partial charge in [-0.05, 0) is 25.0 Å². The van der Waals surface area contributed by atoms with Gasteiger partial charge in [-0.15, -0.1) is 0 Å². The molecule has 0 saturated heterocycles. The number of ketones is 1. The van der Waals surface area contributed by atoms with E-state index in [1.165, 1.54) is 6.92 Å². The summed E-state index contributed by atoms with van der Waals surface area (Å²) < 4.78 is 0. The molecular weight excluding hydrogens is 190 g/mol. The van der Waals surface area contributed by atoms with E-state index < -0.39 is 0 Å². The smallest absolute Gasteiger partial charge is 0.221 e. The zero-order valence-electron chi connectivity index (χ0n) is 8.62. The molecule has 0 atom stereocenters. The average Bonchev–Trinajstić information content (AvgIpc) is 2.99. The maximum atomic E-state index is 11.7. The maximum absolute atomic E-state index is 11.7. The monoisotopic (exact) mass is 203 g/mol. The Kier molecular flexibility index (Phi) is 2.54. The zero-order chi connectivity index (χ0) is 10.8. The fourth-order valence-corrected chi connectivity index (χ4v) is 1.53. The Morgan fingerprint density at radius 2 is 2.07 bits per heavy atom. The molecule has 1 aromatic rings. The van der Waals surface area contributed by atoms with Gasteiger partial charge in [-0.25, -0.2) is 0 Å². The van der Waals surface area contributed by atoms with E-state index in [1.807, 2.05) is 0 Å². The van der Waals surface area contributed by atoms with Crippen LogP contribution in [0.1, 0.15) is 30.1 Å². The van der Waals surface area contributed by atoms with Gasteiger partial charge in [0.2, 0.25) is 5.91 Å². The molecule has 78 valence electrons. The number of nitrogens with one attached hydrogen (secondary N) is 1. The van der Waals surface area contributed by atoms with E-state index in [2.05, 4.69) is 5.32 Å². The van der Waals surface area contributed by atoms with Gasteiger partial charge in [0.25, 0.3) is 0 Å². The third-order valence-electron chi connectivity index (χ3n) is 2.42. The summed E-state index contributed by atoms with van der Waals surface area (Å²) in [5.41, 5.74) is 1.39. The molecule has 0 unspecified atom stereocenters. The van der Waals surface area contributed by atoms with Gasteiger partial charge < -0.3 is 5.32 Å². The van der Waals surface area contributed by atoms with Gasteiger partial charge in [0.1, 0.15) is 0 Å². The average molecular weight is 203 g/mol. The lowest BCUT2D eigenvalue weighted by Gasteiger charge is -2.04. The van der Waals surface area contributed by atoms with Crippen molar-refractivity contribution in [2.24, 2.45) is 5.92 Å². The van der Waals surface area contributed by atoms with Gasteiger partial charge in [-0.3, -0.25) is 9.59 Å². The van der Waals surface area contributed by atoms with E-state index in [0.717, 1.165) is 12.8 Å². The molecule has 0 aliphatic heterocycles. The number of rotatable bonds is 3. The van der Waals surface area contributed by atoms with Gasteiger partial charge >= 0.3 is 0 Å². The van der Waals surface area contributed by atoms with E-state index >= 15 is 0 Å². The minimum absolute atomic E-state index is 0.119. The molecule has 0 aromatic heterocycles. The van der Waals surface area contributed by atoms with Gasteiger partial charge in [-0.2, -0.15) is 0 Å². The maximum Gasteiger partial charge on any atom is 0.221 e. The van der Waals surface area contributed by atoms with Gasteiger partial charge in [0, 0.05) is 24.1 Å². The predicted octanol–water partition coefficient (Wildman–Crippen LogP) is 2.24. The molecule has 15 heavy (non-hydrogen) atoms. The topological polar surface area (TPSA) is 46.2 Å². The molecule has 1 aromatic carbocycles. The molecule has 1 saturated carbocycles. The highest BCUT2D eigenvalue weighted by Crippen LogP contribution is 2.32. The molecule has 1 fully saturated rings. The van der Waals surface area contributed by atoms with Crippen molar-refractivity contribution in [3.05, 3.63) is 29.8 Å². The summed E-state index contributed by atoms with van der Waals surface area (Å²) in [5, 5.41) is 2.67. The van der Waals surface area contributed by atoms with E-state index in [1.54, 1.807) is 24.3 Å². The summed E-state index contributed by atoms with van der Waals surface area (Å²) in [4.78, 5) is 22.6. The summed E-state index contributed by atoms with van der Waals surface area (Å²) in [6, 6.07) is 7.11. The summed E-state index contributed by atoms with van der Waals surface area (Å²) in [6.07, 6.45) is 2.01. The third kappa shape index (κ3) is 2.43. The summed E-state index contributed by atoms with van der Waals surface area (Å²) in [7, 11) is 0. The molecule has 0 bridgehead atoms. The Labute approximate surface area is 88.5 Å². The normalized spacial score (nSPS) is 14.7. The van der Waals surface area contributed by atoms with Gasteiger partial charge in [-0.1, -0.05) is 12.1 Å². The Morgan fingerprint density at radius 3 is 2.67 bits per heavy atom. The largest absolute Gasteiger partial charge is 0.326 e. The lowest BCUT2D eigenvalue weighted by atomic mass is 10.1. The number of carbonyl (C=O) groups excluding carboxylic acids is 2. The minimum atomic E-state index is -0.119. The standard InChI is InChI=1S/C12H13NO2/c1-8(14)13-11-4-2-3-10(7-11)12(15)9-5-6-9/h2-4,7,9H,5-6H2,1H3,(H,13,14). The predicted molar refractivity (Wildman–Crippen MR) is 57.8 cm³/mol. The van der Waals surface area contributed by atoms with Crippen LogP contribution >= 0.6 is 0 Å². The molecule has 3 nitrogen and oxygen atoms in total. The molecule has 1 aliphatic rings. The lowest BCUT2D eigenvalue weighted by Crippen LogP contribution is -2.07. The number of anilines is 1. The van der Waals surface area contributed by atoms with Gasteiger partial charge in [0.15, 0.2) is 5.78 Å². The highest BCUT2D eigenvalue weighted by Gasteiger charge is 2.30. The van der Waals surface area contributed by atoms with Crippen LogP contribution in [-0.4, -0.2) is 11.7 Å². The Bertz CT molecular complexity index is 408. The first-order valence-electron chi connectivity index (χ1n) is 5.08. The lowest BCUT2D eigenvalue weighted by molar-refractivity contribution is -0.114. The fourth-order valence-electron chi connectivity index (χ4n) is 1.53. The van der Waals surface area contributed by atoms with Crippen LogP contribution in [0.25, 0.3) is 0 Å². The first-order chi connectivity index (χ1) is 7.16. The minimum Gasteiger partial charge on any atom is -0.326 e. The van der Waals surface area contributed by atoms with Crippen LogP contribution in [0.4, 0.5) is 5.69 Å². The Hall–Kier alpha value is -1.64. The molecule has 2 rings (SSSR count). The van der Waals surface area contributed by atoms with Crippen LogP contribution in [0.5, 0.6) is 0 Å². The van der Waals surface area contributed by atoms with Crippen LogP contribution in [0.2, 0.25) is 0 Å². The number of benzene rings is 1. The van der Waals surface area contributed by atoms with Crippen molar-refractivity contribution in [2.45, 2.75) is 19.8 Å². The van der Waals surface area contributed by atoms with E-state index in [4.69, 9.17) is 0 Å². The van der Waals surface area contributed by atoms with E-state index in [-0.39, 0.29) is 17.6 Å². The quantitative estimate of drug-likeness (QED) is 0.766. The van der Waals surface area contributed by atoms with Crippen LogP contribution in [-0.2, 0) is 4.79 Å². The summed E-state index contributed by atoms with van der Waals surface area (Å²) in [6.45, 7) is 1.45. The van der Waals surface area contributed by atoms with Crippen LogP contribution in [0.15, 0.2) is 24.3 Å². The van der Waals surface area contributed by atoms with E-state index in [0.29, 0.717) is 11.3 Å². The molecule has 0 heterocycles. The Morgan fingerprint density at radius 1 is 1.33 bits per heavy atom. The number of Topliss-reactive ketones (excluding diaryl/α,β-unsaturated/α-hetero) is 1. The molecule has 3 heteroatoms. The van der Waals surface area contributed by atoms with Crippen molar-refractivity contribution >= 4 is 17.4 Å². The number of hydrogen-bond donors (Lipinski definition) is 1. The van der Waals surface area contributed by atoms with Crippen molar-refractivity contribution in [2.75, 3.05) is 5.32 Å². The SMILES string of the molecule is CC(=O)Nc1cccc(C(=O)C2CC2)c1. The first-order valence-corrected chi connectivity index (χ1v) is 5.08. The molecule has 1 N–H and O–H groups in total. The van der Waals surface area contributed by atoms with Crippen molar-refractivity contribution in [1.29, 1.82) is 0 Å². The molecule has 1 amide bonds. The second kappa shape index (κ2) is 3.85. The number of carbonyl (C=O) groups is 2. The highest BCUT2D eigenvalue weighted by molar-refractivity contribution is 6.00. The van der Waals surface area contributed by atoms with Crippen LogP contribution in [0, 0.1) is 5.92 Å². The van der Waals surface area contributed by atoms with Crippen LogP contribution < -0.4 is 5.32 Å². The molecule has 1 aliphatic carbocycles. The second-order valence-electron chi connectivity index (χ2n) is 3.90. The second-order valence-corrected chi connectivity index (χ2v) is 3.90. The van der Waals surface area contributed by atoms with Crippen molar-refractivity contribution in [1.82, 2.24) is 0 Å². The summed E-state index contributed by atoms with van der Waals surface area (Å²) in [5.74, 6) is 0.297. The highest BCUT2D eigenvalue weighted by atomic mass is 16.1. The molecular formula is C12H13NO2. The third-order valence-corrected chi connectivity index (χ3v) is 2.42. The zero-order valence-corrected chi connectivity index (χ0v) is 8.62. The van der Waals surface area contributed by atoms with Crippen molar-refractivity contribution in [3.8, 4) is 0 Å². The molecule has 0 radical (unpaired) electrons. The van der Waals surface area contributed by atoms with Crippen molar-refractivity contribution < 1.29 is 9.59 Å². The van der Waals surface area contributed by atoms with Crippen LogP contribution in [0.3, 0.4) is 0 Å². The number of amides is 1. The first kappa shape index (κ1) is 9.90. The molecule has 0 spiro atoms. The Balaban J connectivity index is 2.17.